The first kappa shape index (κ1) is 21.5. The fourth-order valence-corrected chi connectivity index (χ4v) is 3.97. The Bertz CT molecular complexity index is 635. The molecule has 3 rings (SSSR count). The van der Waals surface area contributed by atoms with Gasteiger partial charge in [0, 0.05) is 37.3 Å². The van der Waals surface area contributed by atoms with Crippen LogP contribution in [-0.2, 0) is 9.59 Å². The van der Waals surface area contributed by atoms with Crippen molar-refractivity contribution in [3.8, 4) is 5.75 Å². The Morgan fingerprint density at radius 1 is 1.26 bits per heavy atom. The molecule has 150 valence electrons. The Morgan fingerprint density at radius 3 is 2.70 bits per heavy atom. The molecule has 2 amide bonds. The molecule has 1 aliphatic heterocycles. The van der Waals surface area contributed by atoms with Gasteiger partial charge in [-0.1, -0.05) is 25.3 Å². The van der Waals surface area contributed by atoms with Crippen molar-refractivity contribution in [2.24, 2.45) is 11.7 Å². The first-order valence-corrected chi connectivity index (χ1v) is 9.70. The molecule has 1 heterocycles. The molecule has 3 N–H and O–H groups in total. The lowest BCUT2D eigenvalue weighted by atomic mass is 9.84. The van der Waals surface area contributed by atoms with Crippen molar-refractivity contribution in [3.63, 3.8) is 0 Å². The molecule has 6 nitrogen and oxygen atoms in total. The molecule has 2 fully saturated rings. The molecule has 1 unspecified atom stereocenters. The highest BCUT2D eigenvalue weighted by atomic mass is 35.5. The summed E-state index contributed by atoms with van der Waals surface area (Å²) in [6.45, 7) is 1.16. The molecule has 0 spiro atoms. The van der Waals surface area contributed by atoms with E-state index < -0.39 is 0 Å². The van der Waals surface area contributed by atoms with Crippen LogP contribution in [0.15, 0.2) is 24.3 Å². The van der Waals surface area contributed by atoms with Gasteiger partial charge < -0.3 is 20.7 Å². The number of nitrogens with two attached hydrogens (primary N) is 1. The van der Waals surface area contributed by atoms with E-state index in [9.17, 15) is 9.59 Å². The maximum absolute atomic E-state index is 12.3. The summed E-state index contributed by atoms with van der Waals surface area (Å²) < 4.78 is 5.65. The number of carbonyl (C=O) groups excluding carboxylic acids is 2. The molecule has 2 aliphatic rings. The minimum absolute atomic E-state index is 0. The van der Waals surface area contributed by atoms with Crippen LogP contribution >= 0.6 is 12.4 Å². The molecule has 1 atom stereocenters. The summed E-state index contributed by atoms with van der Waals surface area (Å²) in [6.07, 6.45) is 7.46. The zero-order chi connectivity index (χ0) is 18.4. The third-order valence-corrected chi connectivity index (χ3v) is 5.39. The fraction of sp³-hybridized carbons (Fsp3) is 0.600. The van der Waals surface area contributed by atoms with Gasteiger partial charge in [-0.2, -0.15) is 0 Å². The maximum Gasteiger partial charge on any atom is 0.258 e. The smallest absolute Gasteiger partial charge is 0.258 e. The van der Waals surface area contributed by atoms with E-state index in [1.165, 1.54) is 19.3 Å². The van der Waals surface area contributed by atoms with E-state index in [0.29, 0.717) is 24.6 Å². The van der Waals surface area contributed by atoms with Crippen molar-refractivity contribution >= 4 is 29.9 Å². The number of ether oxygens (including phenoxy) is 1. The van der Waals surface area contributed by atoms with E-state index in [0.717, 1.165) is 31.5 Å². The topological polar surface area (TPSA) is 84.7 Å². The van der Waals surface area contributed by atoms with Gasteiger partial charge in [-0.15, -0.1) is 12.4 Å². The summed E-state index contributed by atoms with van der Waals surface area (Å²) in [5.41, 5.74) is 6.70. The standard InChI is InChI=1S/C20H29N3O3.ClH/c21-13-18(15-6-2-1-3-7-15)22-19(24)14-26-17-9-4-8-16(12-17)23-11-5-10-20(23)25;/h4,8-9,12,15,18H,1-3,5-7,10-11,13-14,21H2,(H,22,24);1H. The van der Waals surface area contributed by atoms with Gasteiger partial charge in [-0.05, 0) is 37.3 Å². The first-order chi connectivity index (χ1) is 12.7. The molecule has 1 aromatic rings. The number of nitrogens with zero attached hydrogens (tertiary/aromatic N) is 1. The minimum Gasteiger partial charge on any atom is -0.484 e. The van der Waals surface area contributed by atoms with Crippen molar-refractivity contribution in [1.29, 1.82) is 0 Å². The predicted octanol–water partition coefficient (Wildman–Crippen LogP) is 2.64. The van der Waals surface area contributed by atoms with Crippen molar-refractivity contribution in [3.05, 3.63) is 24.3 Å². The largest absolute Gasteiger partial charge is 0.484 e. The van der Waals surface area contributed by atoms with Gasteiger partial charge in [0.1, 0.15) is 5.75 Å². The molecule has 0 bridgehead atoms. The molecular weight excluding hydrogens is 366 g/mol. The maximum atomic E-state index is 12.3. The van der Waals surface area contributed by atoms with E-state index in [1.54, 1.807) is 11.0 Å². The fourth-order valence-electron chi connectivity index (χ4n) is 3.97. The van der Waals surface area contributed by atoms with Crippen LogP contribution in [0.2, 0.25) is 0 Å². The van der Waals surface area contributed by atoms with Crippen LogP contribution in [0.1, 0.15) is 44.9 Å². The van der Waals surface area contributed by atoms with Crippen LogP contribution in [0.25, 0.3) is 0 Å². The molecule has 1 saturated heterocycles. The van der Waals surface area contributed by atoms with Gasteiger partial charge in [0.2, 0.25) is 5.91 Å². The number of benzene rings is 1. The summed E-state index contributed by atoms with van der Waals surface area (Å²) in [5, 5.41) is 3.03. The van der Waals surface area contributed by atoms with Crippen molar-refractivity contribution < 1.29 is 14.3 Å². The summed E-state index contributed by atoms with van der Waals surface area (Å²) in [5.74, 6) is 1.06. The molecule has 7 heteroatoms. The Labute approximate surface area is 167 Å². The summed E-state index contributed by atoms with van der Waals surface area (Å²) in [7, 11) is 0. The Balaban J connectivity index is 0.00000261. The molecule has 0 aromatic heterocycles. The van der Waals surface area contributed by atoms with Gasteiger partial charge in [0.25, 0.3) is 5.91 Å². The van der Waals surface area contributed by atoms with Gasteiger partial charge in [0.15, 0.2) is 6.61 Å². The minimum atomic E-state index is -0.145. The summed E-state index contributed by atoms with van der Waals surface area (Å²) in [4.78, 5) is 25.9. The molecule has 27 heavy (non-hydrogen) atoms. The second-order valence-electron chi connectivity index (χ2n) is 7.24. The molecule has 1 saturated carbocycles. The number of anilines is 1. The zero-order valence-electron chi connectivity index (χ0n) is 15.7. The van der Waals surface area contributed by atoms with Crippen LogP contribution < -0.4 is 20.7 Å². The lowest BCUT2D eigenvalue weighted by molar-refractivity contribution is -0.124. The third kappa shape index (κ3) is 5.84. The normalized spacial score (nSPS) is 18.7. The van der Waals surface area contributed by atoms with E-state index in [-0.39, 0.29) is 36.9 Å². The highest BCUT2D eigenvalue weighted by Gasteiger charge is 2.24. The Hall–Kier alpha value is -1.79. The highest BCUT2D eigenvalue weighted by Crippen LogP contribution is 2.27. The number of halogens is 1. The van der Waals surface area contributed by atoms with Crippen LogP contribution in [0.3, 0.4) is 0 Å². The van der Waals surface area contributed by atoms with Crippen LogP contribution in [-0.4, -0.2) is 37.6 Å². The second kappa shape index (κ2) is 10.5. The predicted molar refractivity (Wildman–Crippen MR) is 108 cm³/mol. The molecular formula is C20H30ClN3O3. The van der Waals surface area contributed by atoms with Gasteiger partial charge in [0.05, 0.1) is 0 Å². The molecule has 1 aliphatic carbocycles. The van der Waals surface area contributed by atoms with E-state index in [4.69, 9.17) is 10.5 Å². The van der Waals surface area contributed by atoms with Gasteiger partial charge in [-0.3, -0.25) is 9.59 Å². The zero-order valence-corrected chi connectivity index (χ0v) is 16.5. The van der Waals surface area contributed by atoms with E-state index in [1.807, 2.05) is 18.2 Å². The first-order valence-electron chi connectivity index (χ1n) is 9.70. The average Bonchev–Trinajstić information content (AvgIpc) is 3.11. The van der Waals surface area contributed by atoms with Gasteiger partial charge in [-0.25, -0.2) is 0 Å². The second-order valence-corrected chi connectivity index (χ2v) is 7.24. The number of carbonyl (C=O) groups is 2. The number of rotatable bonds is 7. The summed E-state index contributed by atoms with van der Waals surface area (Å²) >= 11 is 0. The third-order valence-electron chi connectivity index (χ3n) is 5.39. The van der Waals surface area contributed by atoms with Crippen molar-refractivity contribution in [1.82, 2.24) is 5.32 Å². The number of hydrogen-bond donors (Lipinski definition) is 2. The SMILES string of the molecule is Cl.NCC(NC(=O)COc1cccc(N2CCCC2=O)c1)C1CCCCC1. The monoisotopic (exact) mass is 395 g/mol. The van der Waals surface area contributed by atoms with E-state index in [2.05, 4.69) is 5.32 Å². The van der Waals surface area contributed by atoms with Crippen molar-refractivity contribution in [2.45, 2.75) is 51.0 Å². The van der Waals surface area contributed by atoms with Gasteiger partial charge >= 0.3 is 0 Å². The van der Waals surface area contributed by atoms with Crippen LogP contribution in [0.5, 0.6) is 5.75 Å². The average molecular weight is 396 g/mol. The summed E-state index contributed by atoms with van der Waals surface area (Å²) in [6, 6.07) is 7.39. The Kier molecular flexibility index (Phi) is 8.38. The quantitative estimate of drug-likeness (QED) is 0.743. The molecule has 1 aromatic carbocycles. The number of nitrogens with one attached hydrogen (secondary N) is 1. The Morgan fingerprint density at radius 2 is 2.04 bits per heavy atom. The number of amides is 2. The lowest BCUT2D eigenvalue weighted by Crippen LogP contribution is -2.47. The van der Waals surface area contributed by atoms with Crippen LogP contribution in [0.4, 0.5) is 5.69 Å². The molecule has 0 radical (unpaired) electrons. The highest BCUT2D eigenvalue weighted by molar-refractivity contribution is 5.95. The number of hydrogen-bond acceptors (Lipinski definition) is 4. The lowest BCUT2D eigenvalue weighted by Gasteiger charge is -2.30. The van der Waals surface area contributed by atoms with Crippen LogP contribution in [0, 0.1) is 5.92 Å². The van der Waals surface area contributed by atoms with E-state index >= 15 is 0 Å². The van der Waals surface area contributed by atoms with Crippen molar-refractivity contribution in [2.75, 3.05) is 24.6 Å².